The van der Waals surface area contributed by atoms with E-state index in [1.807, 2.05) is 26.0 Å². The average Bonchev–Trinajstić information content (AvgIpc) is 2.82. The lowest BCUT2D eigenvalue weighted by Crippen LogP contribution is -2.17. The molecule has 1 heterocycles. The Balaban J connectivity index is 2.28. The maximum Gasteiger partial charge on any atom is 0.273 e. The van der Waals surface area contributed by atoms with Crippen molar-refractivity contribution in [1.29, 1.82) is 0 Å². The van der Waals surface area contributed by atoms with Gasteiger partial charge in [0.1, 0.15) is 10.7 Å². The van der Waals surface area contributed by atoms with Crippen LogP contribution in [0.25, 0.3) is 0 Å². The number of hydrogen-bond donors (Lipinski definition) is 2. The highest BCUT2D eigenvalue weighted by Crippen LogP contribution is 2.18. The van der Waals surface area contributed by atoms with Crippen LogP contribution in [0.5, 0.6) is 0 Å². The highest BCUT2D eigenvalue weighted by atomic mass is 32.1. The monoisotopic (exact) mass is 302 g/mol. The van der Waals surface area contributed by atoms with Gasteiger partial charge in [-0.2, -0.15) is 5.10 Å². The summed E-state index contributed by atoms with van der Waals surface area (Å²) in [5.41, 5.74) is 9.40. The van der Waals surface area contributed by atoms with Gasteiger partial charge in [-0.1, -0.05) is 31.3 Å². The average molecular weight is 302 g/mol. The number of carbonyl (C=O) groups is 1. The number of thiocarbonyl (C=S) groups is 1. The van der Waals surface area contributed by atoms with Crippen LogP contribution in [0.15, 0.2) is 24.3 Å². The number of hydrogen-bond acceptors (Lipinski definition) is 3. The van der Waals surface area contributed by atoms with Crippen LogP contribution < -0.4 is 11.1 Å². The molecule has 2 aromatic rings. The van der Waals surface area contributed by atoms with Crippen molar-refractivity contribution >= 4 is 28.8 Å². The van der Waals surface area contributed by atoms with Crippen LogP contribution >= 0.6 is 12.2 Å². The summed E-state index contributed by atoms with van der Waals surface area (Å²) in [5, 5.41) is 7.16. The van der Waals surface area contributed by atoms with E-state index >= 15 is 0 Å². The quantitative estimate of drug-likeness (QED) is 0.849. The summed E-state index contributed by atoms with van der Waals surface area (Å²) in [6.45, 7) is 3.92. The molecule has 0 saturated heterocycles. The van der Waals surface area contributed by atoms with E-state index in [-0.39, 0.29) is 5.91 Å². The van der Waals surface area contributed by atoms with Gasteiger partial charge < -0.3 is 11.1 Å². The summed E-state index contributed by atoms with van der Waals surface area (Å²) >= 11 is 4.96. The van der Waals surface area contributed by atoms with Crippen LogP contribution in [0.1, 0.15) is 34.2 Å². The van der Waals surface area contributed by atoms with Gasteiger partial charge in [-0.15, -0.1) is 0 Å². The first kappa shape index (κ1) is 15.2. The van der Waals surface area contributed by atoms with E-state index in [0.717, 1.165) is 23.2 Å². The third kappa shape index (κ3) is 3.28. The van der Waals surface area contributed by atoms with Gasteiger partial charge in [0.25, 0.3) is 5.91 Å². The third-order valence-corrected chi connectivity index (χ3v) is 3.53. The van der Waals surface area contributed by atoms with E-state index in [2.05, 4.69) is 10.4 Å². The summed E-state index contributed by atoms with van der Waals surface area (Å²) in [4.78, 5) is 12.7. The number of carbonyl (C=O) groups excluding carboxylic acids is 1. The van der Waals surface area contributed by atoms with Gasteiger partial charge in [0.15, 0.2) is 0 Å². The Hall–Kier alpha value is -2.21. The predicted molar refractivity (Wildman–Crippen MR) is 87.6 cm³/mol. The fraction of sp³-hybridized carbons (Fsp3) is 0.267. The maximum atomic E-state index is 12.4. The van der Waals surface area contributed by atoms with E-state index in [1.165, 1.54) is 0 Å². The van der Waals surface area contributed by atoms with Gasteiger partial charge in [-0.05, 0) is 31.0 Å². The Morgan fingerprint density at radius 1 is 1.43 bits per heavy atom. The molecular formula is C15H18N4OS. The fourth-order valence-corrected chi connectivity index (χ4v) is 2.14. The Labute approximate surface area is 129 Å². The third-order valence-electron chi connectivity index (χ3n) is 3.30. The smallest absolute Gasteiger partial charge is 0.273 e. The SMILES string of the molecule is CCc1cc(C(=O)Nc2cc(C(N)=S)ccc2C)n(C)n1. The molecule has 2 rings (SSSR count). The first-order valence-corrected chi connectivity index (χ1v) is 7.08. The molecule has 0 saturated carbocycles. The predicted octanol–water partition coefficient (Wildman–Crippen LogP) is 2.18. The lowest BCUT2D eigenvalue weighted by atomic mass is 10.1. The number of rotatable bonds is 4. The van der Waals surface area contributed by atoms with Crippen molar-refractivity contribution in [2.24, 2.45) is 12.8 Å². The first-order chi connectivity index (χ1) is 9.92. The lowest BCUT2D eigenvalue weighted by molar-refractivity contribution is 0.101. The van der Waals surface area contributed by atoms with Crippen molar-refractivity contribution in [3.8, 4) is 0 Å². The molecule has 0 bridgehead atoms. The van der Waals surface area contributed by atoms with E-state index in [0.29, 0.717) is 16.4 Å². The number of nitrogens with two attached hydrogens (primary N) is 1. The van der Waals surface area contributed by atoms with Crippen LogP contribution in [0.2, 0.25) is 0 Å². The minimum absolute atomic E-state index is 0.201. The molecule has 0 fully saturated rings. The van der Waals surface area contributed by atoms with Crippen molar-refractivity contribution in [2.45, 2.75) is 20.3 Å². The van der Waals surface area contributed by atoms with Gasteiger partial charge >= 0.3 is 0 Å². The molecule has 0 aliphatic carbocycles. The fourth-order valence-electron chi connectivity index (χ4n) is 2.01. The zero-order valence-corrected chi connectivity index (χ0v) is 13.1. The lowest BCUT2D eigenvalue weighted by Gasteiger charge is -2.10. The molecule has 110 valence electrons. The number of nitrogens with zero attached hydrogens (tertiary/aromatic N) is 2. The second kappa shape index (κ2) is 6.05. The van der Waals surface area contributed by atoms with Gasteiger partial charge in [-0.25, -0.2) is 0 Å². The zero-order chi connectivity index (χ0) is 15.6. The normalized spacial score (nSPS) is 10.4. The van der Waals surface area contributed by atoms with Crippen LogP contribution in [-0.2, 0) is 13.5 Å². The highest BCUT2D eigenvalue weighted by molar-refractivity contribution is 7.80. The van der Waals surface area contributed by atoms with Gasteiger partial charge in [0.2, 0.25) is 0 Å². The van der Waals surface area contributed by atoms with Crippen LogP contribution in [0.3, 0.4) is 0 Å². The minimum Gasteiger partial charge on any atom is -0.389 e. The summed E-state index contributed by atoms with van der Waals surface area (Å²) in [6.07, 6.45) is 0.789. The van der Waals surface area contributed by atoms with Crippen molar-refractivity contribution in [3.05, 3.63) is 46.8 Å². The molecule has 3 N–H and O–H groups in total. The maximum absolute atomic E-state index is 12.4. The Morgan fingerprint density at radius 3 is 2.71 bits per heavy atom. The second-order valence-electron chi connectivity index (χ2n) is 4.85. The van der Waals surface area contributed by atoms with Gasteiger partial charge in [0.05, 0.1) is 5.69 Å². The molecule has 0 spiro atoms. The Morgan fingerprint density at radius 2 is 2.14 bits per heavy atom. The van der Waals surface area contributed by atoms with Gasteiger partial charge in [-0.3, -0.25) is 9.48 Å². The number of benzene rings is 1. The van der Waals surface area contributed by atoms with Crippen LogP contribution in [0, 0.1) is 6.92 Å². The highest BCUT2D eigenvalue weighted by Gasteiger charge is 2.14. The molecule has 0 atom stereocenters. The van der Waals surface area contributed by atoms with E-state index in [4.69, 9.17) is 18.0 Å². The molecule has 6 heteroatoms. The van der Waals surface area contributed by atoms with E-state index < -0.39 is 0 Å². The number of anilines is 1. The van der Waals surface area contributed by atoms with Crippen molar-refractivity contribution in [2.75, 3.05) is 5.32 Å². The molecule has 1 amide bonds. The van der Waals surface area contributed by atoms with Crippen molar-refractivity contribution < 1.29 is 4.79 Å². The summed E-state index contributed by atoms with van der Waals surface area (Å²) < 4.78 is 1.58. The van der Waals surface area contributed by atoms with Crippen molar-refractivity contribution in [3.63, 3.8) is 0 Å². The molecule has 0 unspecified atom stereocenters. The number of nitrogens with one attached hydrogen (secondary N) is 1. The molecule has 0 aliphatic heterocycles. The molecule has 0 radical (unpaired) electrons. The minimum atomic E-state index is -0.201. The summed E-state index contributed by atoms with van der Waals surface area (Å²) in [6, 6.07) is 7.30. The Bertz CT molecular complexity index is 706. The van der Waals surface area contributed by atoms with Gasteiger partial charge in [0, 0.05) is 18.3 Å². The van der Waals surface area contributed by atoms with Crippen molar-refractivity contribution in [1.82, 2.24) is 9.78 Å². The summed E-state index contributed by atoms with van der Waals surface area (Å²) in [7, 11) is 1.76. The standard InChI is InChI=1S/C15H18N4OS/c1-4-11-8-13(19(3)18-11)15(20)17-12-7-10(14(16)21)6-5-9(12)2/h5-8H,4H2,1-3H3,(H2,16,21)(H,17,20). The second-order valence-corrected chi connectivity index (χ2v) is 5.29. The molecule has 21 heavy (non-hydrogen) atoms. The number of aromatic nitrogens is 2. The molecule has 0 aliphatic rings. The summed E-state index contributed by atoms with van der Waals surface area (Å²) in [5.74, 6) is -0.201. The van der Waals surface area contributed by atoms with E-state index in [1.54, 1.807) is 23.9 Å². The molecule has 1 aromatic heterocycles. The Kier molecular flexibility index (Phi) is 4.37. The molecule has 1 aromatic carbocycles. The topological polar surface area (TPSA) is 72.9 Å². The van der Waals surface area contributed by atoms with Crippen LogP contribution in [-0.4, -0.2) is 20.7 Å². The largest absolute Gasteiger partial charge is 0.389 e. The number of amides is 1. The molecule has 5 nitrogen and oxygen atoms in total. The van der Waals surface area contributed by atoms with E-state index in [9.17, 15) is 4.79 Å². The van der Waals surface area contributed by atoms with Crippen LogP contribution in [0.4, 0.5) is 5.69 Å². The molecular weight excluding hydrogens is 284 g/mol. The zero-order valence-electron chi connectivity index (χ0n) is 12.3. The first-order valence-electron chi connectivity index (χ1n) is 6.67. The number of aryl methyl sites for hydroxylation is 3.